The van der Waals surface area contributed by atoms with Crippen molar-refractivity contribution in [3.8, 4) is 0 Å². The first-order chi connectivity index (χ1) is 8.25. The number of carbonyl (C=O) groups excluding carboxylic acids is 1. The van der Waals surface area contributed by atoms with Crippen LogP contribution < -0.4 is 0 Å². The molecule has 2 bridgehead atoms. The normalized spacial score (nSPS) is 40.5. The number of likely N-dealkylation sites (N-methyl/N-ethyl adjacent to an activating group) is 1. The standard InChI is InChI=1S/C14H24N2O/c1-15-11-6-7-12(15)10-16(9-8-11)13-4-2-3-5-14(13)17/h11-13H,2-10H2,1H3. The Morgan fingerprint density at radius 2 is 1.88 bits per heavy atom. The number of nitrogens with zero attached hydrogens (tertiary/aromatic N) is 2. The van der Waals surface area contributed by atoms with Gasteiger partial charge < -0.3 is 0 Å². The number of likely N-dealkylation sites (tertiary alicyclic amines) is 1. The summed E-state index contributed by atoms with van der Waals surface area (Å²) >= 11 is 0. The van der Waals surface area contributed by atoms with E-state index in [1.165, 1.54) is 25.7 Å². The van der Waals surface area contributed by atoms with Gasteiger partial charge in [-0.3, -0.25) is 14.6 Å². The van der Waals surface area contributed by atoms with Crippen molar-refractivity contribution in [3.63, 3.8) is 0 Å². The van der Waals surface area contributed by atoms with Gasteiger partial charge in [0.05, 0.1) is 6.04 Å². The Morgan fingerprint density at radius 1 is 1.06 bits per heavy atom. The zero-order valence-corrected chi connectivity index (χ0v) is 10.9. The van der Waals surface area contributed by atoms with Crippen LogP contribution in [0.25, 0.3) is 0 Å². The van der Waals surface area contributed by atoms with Crippen molar-refractivity contribution in [2.45, 2.75) is 63.1 Å². The maximum absolute atomic E-state index is 12.0. The summed E-state index contributed by atoms with van der Waals surface area (Å²) in [6.45, 7) is 2.27. The van der Waals surface area contributed by atoms with E-state index >= 15 is 0 Å². The summed E-state index contributed by atoms with van der Waals surface area (Å²) in [6.07, 6.45) is 8.26. The van der Waals surface area contributed by atoms with Crippen molar-refractivity contribution < 1.29 is 4.79 Å². The van der Waals surface area contributed by atoms with E-state index in [9.17, 15) is 4.79 Å². The number of rotatable bonds is 1. The van der Waals surface area contributed by atoms with Crippen LogP contribution in [-0.2, 0) is 4.79 Å². The summed E-state index contributed by atoms with van der Waals surface area (Å²) < 4.78 is 0. The molecule has 3 unspecified atom stereocenters. The van der Waals surface area contributed by atoms with E-state index in [0.29, 0.717) is 11.8 Å². The van der Waals surface area contributed by atoms with Crippen molar-refractivity contribution in [1.29, 1.82) is 0 Å². The molecular weight excluding hydrogens is 212 g/mol. The molecule has 3 rings (SSSR count). The largest absolute Gasteiger partial charge is 0.299 e. The van der Waals surface area contributed by atoms with Crippen LogP contribution in [0.3, 0.4) is 0 Å². The first-order valence-corrected chi connectivity index (χ1v) is 7.24. The van der Waals surface area contributed by atoms with E-state index < -0.39 is 0 Å². The molecule has 3 heteroatoms. The van der Waals surface area contributed by atoms with Gasteiger partial charge in [-0.2, -0.15) is 0 Å². The third-order valence-corrected chi connectivity index (χ3v) is 5.14. The quantitative estimate of drug-likeness (QED) is 0.692. The predicted octanol–water partition coefficient (Wildman–Crippen LogP) is 1.67. The van der Waals surface area contributed by atoms with Crippen molar-refractivity contribution >= 4 is 5.78 Å². The minimum Gasteiger partial charge on any atom is -0.299 e. The Hall–Kier alpha value is -0.410. The van der Waals surface area contributed by atoms with Gasteiger partial charge in [0, 0.05) is 31.6 Å². The average Bonchev–Trinajstić information content (AvgIpc) is 2.55. The lowest BCUT2D eigenvalue weighted by Gasteiger charge is -2.34. The maximum atomic E-state index is 12.0. The Bertz CT molecular complexity index is 305. The van der Waals surface area contributed by atoms with Crippen molar-refractivity contribution in [2.24, 2.45) is 0 Å². The van der Waals surface area contributed by atoms with E-state index in [0.717, 1.165) is 38.4 Å². The molecule has 3 nitrogen and oxygen atoms in total. The molecule has 2 aliphatic heterocycles. The van der Waals surface area contributed by atoms with Crippen LogP contribution >= 0.6 is 0 Å². The third-order valence-electron chi connectivity index (χ3n) is 5.14. The van der Waals surface area contributed by atoms with Gasteiger partial charge in [-0.1, -0.05) is 6.42 Å². The number of fused-ring (bicyclic) bond motifs is 2. The third kappa shape index (κ3) is 2.15. The topological polar surface area (TPSA) is 23.6 Å². The SMILES string of the molecule is CN1C2CCC1CN(C1CCCCC1=O)CC2. The van der Waals surface area contributed by atoms with E-state index in [1.807, 2.05) is 0 Å². The summed E-state index contributed by atoms with van der Waals surface area (Å²) in [4.78, 5) is 17.1. The molecule has 2 saturated heterocycles. The van der Waals surface area contributed by atoms with Gasteiger partial charge in [-0.05, 0) is 39.2 Å². The lowest BCUT2D eigenvalue weighted by atomic mass is 9.92. The highest BCUT2D eigenvalue weighted by molar-refractivity contribution is 5.84. The number of hydrogen-bond donors (Lipinski definition) is 0. The summed E-state index contributed by atoms with van der Waals surface area (Å²) in [5.41, 5.74) is 0. The van der Waals surface area contributed by atoms with Gasteiger partial charge in [-0.25, -0.2) is 0 Å². The fraction of sp³-hybridized carbons (Fsp3) is 0.929. The Labute approximate surface area is 104 Å². The summed E-state index contributed by atoms with van der Waals surface area (Å²) in [5, 5.41) is 0. The number of hydrogen-bond acceptors (Lipinski definition) is 3. The molecule has 3 fully saturated rings. The Balaban J connectivity index is 1.70. The Morgan fingerprint density at radius 3 is 2.71 bits per heavy atom. The van der Waals surface area contributed by atoms with Crippen LogP contribution in [0.1, 0.15) is 44.9 Å². The summed E-state index contributed by atoms with van der Waals surface area (Å²) in [7, 11) is 2.27. The monoisotopic (exact) mass is 236 g/mol. The molecule has 96 valence electrons. The fourth-order valence-corrected chi connectivity index (χ4v) is 3.97. The van der Waals surface area contributed by atoms with Crippen LogP contribution in [0.5, 0.6) is 0 Å². The summed E-state index contributed by atoms with van der Waals surface area (Å²) in [6, 6.07) is 1.75. The molecule has 0 spiro atoms. The molecule has 1 saturated carbocycles. The lowest BCUT2D eigenvalue weighted by molar-refractivity contribution is -0.126. The zero-order valence-electron chi connectivity index (χ0n) is 10.9. The fourth-order valence-electron chi connectivity index (χ4n) is 3.97. The van der Waals surface area contributed by atoms with Crippen molar-refractivity contribution in [1.82, 2.24) is 9.80 Å². The highest BCUT2D eigenvalue weighted by Gasteiger charge is 2.38. The lowest BCUT2D eigenvalue weighted by Crippen LogP contribution is -2.47. The molecule has 2 heterocycles. The van der Waals surface area contributed by atoms with E-state index in [2.05, 4.69) is 16.8 Å². The van der Waals surface area contributed by atoms with Crippen LogP contribution in [0.2, 0.25) is 0 Å². The van der Waals surface area contributed by atoms with Gasteiger partial charge in [0.2, 0.25) is 0 Å². The van der Waals surface area contributed by atoms with E-state index in [1.54, 1.807) is 0 Å². The Kier molecular flexibility index (Phi) is 3.22. The smallest absolute Gasteiger partial charge is 0.149 e. The number of carbonyl (C=O) groups is 1. The maximum Gasteiger partial charge on any atom is 0.149 e. The zero-order chi connectivity index (χ0) is 11.8. The van der Waals surface area contributed by atoms with E-state index in [4.69, 9.17) is 0 Å². The first-order valence-electron chi connectivity index (χ1n) is 7.24. The minimum absolute atomic E-state index is 0.261. The second-order valence-corrected chi connectivity index (χ2v) is 6.06. The van der Waals surface area contributed by atoms with Crippen LogP contribution in [0, 0.1) is 0 Å². The second kappa shape index (κ2) is 4.69. The molecule has 3 aliphatic rings. The second-order valence-electron chi connectivity index (χ2n) is 6.06. The van der Waals surface area contributed by atoms with Crippen molar-refractivity contribution in [2.75, 3.05) is 20.1 Å². The molecule has 0 aromatic heterocycles. The molecule has 1 aliphatic carbocycles. The van der Waals surface area contributed by atoms with Gasteiger partial charge in [0.15, 0.2) is 0 Å². The molecule has 0 aromatic rings. The van der Waals surface area contributed by atoms with Gasteiger partial charge in [0.25, 0.3) is 0 Å². The van der Waals surface area contributed by atoms with Crippen molar-refractivity contribution in [3.05, 3.63) is 0 Å². The van der Waals surface area contributed by atoms with Crippen LogP contribution in [-0.4, -0.2) is 53.8 Å². The molecule has 0 amide bonds. The highest BCUT2D eigenvalue weighted by Crippen LogP contribution is 2.31. The molecule has 3 atom stereocenters. The molecule has 0 radical (unpaired) electrons. The average molecular weight is 236 g/mol. The van der Waals surface area contributed by atoms with E-state index in [-0.39, 0.29) is 6.04 Å². The van der Waals surface area contributed by atoms with Gasteiger partial charge in [0.1, 0.15) is 5.78 Å². The number of ketones is 1. The minimum atomic E-state index is 0.261. The highest BCUT2D eigenvalue weighted by atomic mass is 16.1. The first kappa shape index (κ1) is 11.7. The van der Waals surface area contributed by atoms with Crippen LogP contribution in [0.4, 0.5) is 0 Å². The van der Waals surface area contributed by atoms with Gasteiger partial charge >= 0.3 is 0 Å². The number of Topliss-reactive ketones (excluding diaryl/α,β-unsaturated/α-hetero) is 1. The summed E-state index contributed by atoms with van der Waals surface area (Å²) in [5.74, 6) is 0.511. The molecule has 0 N–H and O–H groups in total. The molecule has 17 heavy (non-hydrogen) atoms. The van der Waals surface area contributed by atoms with Gasteiger partial charge in [-0.15, -0.1) is 0 Å². The van der Waals surface area contributed by atoms with Crippen LogP contribution in [0.15, 0.2) is 0 Å². The molecule has 0 aromatic carbocycles. The predicted molar refractivity (Wildman–Crippen MR) is 68.0 cm³/mol. The molecular formula is C14H24N2O.